The SMILES string of the molecule is CC1(C)OC[C@@H]([C@H]2C[C@H](O)[C@@H](CO)O2)O1. The molecule has 0 unspecified atom stereocenters. The molecule has 2 heterocycles. The third-order valence-electron chi connectivity index (χ3n) is 2.88. The van der Waals surface area contributed by atoms with E-state index in [0.29, 0.717) is 13.0 Å². The highest BCUT2D eigenvalue weighted by atomic mass is 16.8. The first kappa shape index (κ1) is 11.3. The Balaban J connectivity index is 1.91. The third-order valence-corrected chi connectivity index (χ3v) is 2.88. The summed E-state index contributed by atoms with van der Waals surface area (Å²) in [6.45, 7) is 4.01. The van der Waals surface area contributed by atoms with E-state index in [4.69, 9.17) is 19.3 Å². The highest BCUT2D eigenvalue weighted by molar-refractivity contribution is 4.88. The van der Waals surface area contributed by atoms with Gasteiger partial charge in [0, 0.05) is 6.42 Å². The van der Waals surface area contributed by atoms with Crippen LogP contribution in [0.1, 0.15) is 20.3 Å². The van der Waals surface area contributed by atoms with Gasteiger partial charge in [0.1, 0.15) is 12.2 Å². The van der Waals surface area contributed by atoms with E-state index < -0.39 is 18.0 Å². The Hall–Kier alpha value is -0.200. The van der Waals surface area contributed by atoms with E-state index in [2.05, 4.69) is 0 Å². The largest absolute Gasteiger partial charge is 0.394 e. The zero-order valence-corrected chi connectivity index (χ0v) is 9.05. The number of rotatable bonds is 2. The number of aliphatic hydroxyl groups is 2. The van der Waals surface area contributed by atoms with Gasteiger partial charge in [0.05, 0.1) is 25.4 Å². The predicted octanol–water partition coefficient (Wildman–Crippen LogP) is -0.351. The smallest absolute Gasteiger partial charge is 0.163 e. The van der Waals surface area contributed by atoms with Crippen molar-refractivity contribution in [3.8, 4) is 0 Å². The summed E-state index contributed by atoms with van der Waals surface area (Å²) in [5, 5.41) is 18.5. The van der Waals surface area contributed by atoms with Gasteiger partial charge in [-0.25, -0.2) is 0 Å². The van der Waals surface area contributed by atoms with Gasteiger partial charge in [-0.15, -0.1) is 0 Å². The lowest BCUT2D eigenvalue weighted by molar-refractivity contribution is -0.156. The average molecular weight is 218 g/mol. The number of hydrogen-bond donors (Lipinski definition) is 2. The van der Waals surface area contributed by atoms with Gasteiger partial charge in [-0.05, 0) is 13.8 Å². The summed E-state index contributed by atoms with van der Waals surface area (Å²) in [4.78, 5) is 0. The minimum absolute atomic E-state index is 0.147. The van der Waals surface area contributed by atoms with Crippen molar-refractivity contribution in [2.45, 2.75) is 50.5 Å². The summed E-state index contributed by atoms with van der Waals surface area (Å²) in [6.07, 6.45) is -0.922. The molecule has 0 bridgehead atoms. The summed E-state index contributed by atoms with van der Waals surface area (Å²) in [5.41, 5.74) is 0. The number of aliphatic hydroxyl groups excluding tert-OH is 2. The zero-order chi connectivity index (χ0) is 11.1. The van der Waals surface area contributed by atoms with E-state index in [9.17, 15) is 5.11 Å². The maximum absolute atomic E-state index is 9.57. The molecule has 88 valence electrons. The summed E-state index contributed by atoms with van der Waals surface area (Å²) in [6, 6.07) is 0. The van der Waals surface area contributed by atoms with Gasteiger partial charge in [-0.2, -0.15) is 0 Å². The summed E-state index contributed by atoms with van der Waals surface area (Å²) < 4.78 is 16.6. The van der Waals surface area contributed by atoms with Crippen LogP contribution in [0.5, 0.6) is 0 Å². The fourth-order valence-corrected chi connectivity index (χ4v) is 2.06. The standard InChI is InChI=1S/C10H18O5/c1-10(2)13-5-9(15-10)7-3-6(12)8(4-11)14-7/h6-9,11-12H,3-5H2,1-2H3/t6-,7+,8+,9-/m0/s1. The Morgan fingerprint density at radius 3 is 2.53 bits per heavy atom. The van der Waals surface area contributed by atoms with Crippen LogP contribution < -0.4 is 0 Å². The molecule has 15 heavy (non-hydrogen) atoms. The zero-order valence-electron chi connectivity index (χ0n) is 9.05. The van der Waals surface area contributed by atoms with E-state index in [1.54, 1.807) is 0 Å². The summed E-state index contributed by atoms with van der Waals surface area (Å²) >= 11 is 0. The lowest BCUT2D eigenvalue weighted by Crippen LogP contribution is -2.31. The lowest BCUT2D eigenvalue weighted by Gasteiger charge is -2.20. The van der Waals surface area contributed by atoms with Crippen molar-refractivity contribution < 1.29 is 24.4 Å². The molecular formula is C10H18O5. The van der Waals surface area contributed by atoms with E-state index in [1.807, 2.05) is 13.8 Å². The first-order valence-electron chi connectivity index (χ1n) is 5.28. The first-order valence-corrected chi connectivity index (χ1v) is 5.28. The highest BCUT2D eigenvalue weighted by Gasteiger charge is 2.44. The van der Waals surface area contributed by atoms with E-state index >= 15 is 0 Å². The molecule has 5 nitrogen and oxygen atoms in total. The molecule has 2 fully saturated rings. The lowest BCUT2D eigenvalue weighted by atomic mass is 10.1. The molecule has 0 aliphatic carbocycles. The van der Waals surface area contributed by atoms with Crippen molar-refractivity contribution in [3.05, 3.63) is 0 Å². The van der Waals surface area contributed by atoms with Gasteiger partial charge in [0.25, 0.3) is 0 Å². The molecule has 2 saturated heterocycles. The minimum Gasteiger partial charge on any atom is -0.394 e. The highest BCUT2D eigenvalue weighted by Crippen LogP contribution is 2.31. The fourth-order valence-electron chi connectivity index (χ4n) is 2.06. The van der Waals surface area contributed by atoms with Crippen LogP contribution in [0.4, 0.5) is 0 Å². The van der Waals surface area contributed by atoms with E-state index in [1.165, 1.54) is 0 Å². The molecule has 2 rings (SSSR count). The molecule has 0 aromatic carbocycles. The minimum atomic E-state index is -0.604. The van der Waals surface area contributed by atoms with Gasteiger partial charge in [0.2, 0.25) is 0 Å². The summed E-state index contributed by atoms with van der Waals surface area (Å²) in [7, 11) is 0. The molecule has 0 amide bonds. The van der Waals surface area contributed by atoms with Crippen LogP contribution in [-0.4, -0.2) is 53.6 Å². The van der Waals surface area contributed by atoms with Crippen LogP contribution >= 0.6 is 0 Å². The summed E-state index contributed by atoms with van der Waals surface area (Å²) in [5.74, 6) is -0.573. The molecule has 2 aliphatic heterocycles. The van der Waals surface area contributed by atoms with Crippen molar-refractivity contribution in [1.82, 2.24) is 0 Å². The van der Waals surface area contributed by atoms with Crippen molar-refractivity contribution in [2.75, 3.05) is 13.2 Å². The van der Waals surface area contributed by atoms with E-state index in [-0.39, 0.29) is 18.8 Å². The van der Waals surface area contributed by atoms with Crippen LogP contribution in [0.3, 0.4) is 0 Å². The molecule has 0 spiro atoms. The van der Waals surface area contributed by atoms with Crippen molar-refractivity contribution in [3.63, 3.8) is 0 Å². The van der Waals surface area contributed by atoms with Gasteiger partial charge in [-0.1, -0.05) is 0 Å². The Morgan fingerprint density at radius 1 is 1.33 bits per heavy atom. The topological polar surface area (TPSA) is 68.2 Å². The molecular weight excluding hydrogens is 200 g/mol. The van der Waals surface area contributed by atoms with Crippen molar-refractivity contribution >= 4 is 0 Å². The van der Waals surface area contributed by atoms with Crippen LogP contribution in [0, 0.1) is 0 Å². The normalized spacial score (nSPS) is 44.8. The van der Waals surface area contributed by atoms with E-state index in [0.717, 1.165) is 0 Å². The Bertz CT molecular complexity index is 230. The third kappa shape index (κ3) is 2.32. The molecule has 0 radical (unpaired) electrons. The molecule has 2 N–H and O–H groups in total. The second-order valence-electron chi connectivity index (χ2n) is 4.57. The molecule has 2 aliphatic rings. The van der Waals surface area contributed by atoms with Crippen molar-refractivity contribution in [1.29, 1.82) is 0 Å². The van der Waals surface area contributed by atoms with Crippen LogP contribution in [0.15, 0.2) is 0 Å². The molecule has 5 heteroatoms. The van der Waals surface area contributed by atoms with Crippen LogP contribution in [0.25, 0.3) is 0 Å². The number of hydrogen-bond acceptors (Lipinski definition) is 5. The monoisotopic (exact) mass is 218 g/mol. The van der Waals surface area contributed by atoms with Gasteiger partial charge in [-0.3, -0.25) is 0 Å². The Labute approximate surface area is 88.9 Å². The quantitative estimate of drug-likeness (QED) is 0.663. The molecule has 0 aromatic rings. The van der Waals surface area contributed by atoms with Gasteiger partial charge >= 0.3 is 0 Å². The Kier molecular flexibility index (Phi) is 3.00. The molecule has 4 atom stereocenters. The van der Waals surface area contributed by atoms with Gasteiger partial charge in [0.15, 0.2) is 5.79 Å². The van der Waals surface area contributed by atoms with Crippen LogP contribution in [0.2, 0.25) is 0 Å². The van der Waals surface area contributed by atoms with Gasteiger partial charge < -0.3 is 24.4 Å². The Morgan fingerprint density at radius 2 is 2.07 bits per heavy atom. The second kappa shape index (κ2) is 3.99. The van der Waals surface area contributed by atoms with Crippen molar-refractivity contribution in [2.24, 2.45) is 0 Å². The number of ether oxygens (including phenoxy) is 3. The molecule has 0 saturated carbocycles. The fraction of sp³-hybridized carbons (Fsp3) is 1.00. The second-order valence-corrected chi connectivity index (χ2v) is 4.57. The maximum Gasteiger partial charge on any atom is 0.163 e. The molecule has 0 aromatic heterocycles. The first-order chi connectivity index (χ1) is 7.02. The maximum atomic E-state index is 9.57. The predicted molar refractivity (Wildman–Crippen MR) is 51.3 cm³/mol. The average Bonchev–Trinajstić information content (AvgIpc) is 2.69. The van der Waals surface area contributed by atoms with Crippen LogP contribution in [-0.2, 0) is 14.2 Å².